The van der Waals surface area contributed by atoms with Crippen molar-refractivity contribution >= 4 is 39.7 Å². The van der Waals surface area contributed by atoms with E-state index in [2.05, 4.69) is 29.5 Å². The van der Waals surface area contributed by atoms with Gasteiger partial charge in [0.15, 0.2) is 5.78 Å². The molecular weight excluding hydrogens is 491 g/mol. The number of benzene rings is 3. The first-order valence-electron chi connectivity index (χ1n) is 13.1. The van der Waals surface area contributed by atoms with Crippen molar-refractivity contribution in [3.63, 3.8) is 0 Å². The Balaban J connectivity index is 1.45. The second kappa shape index (κ2) is 9.66. The zero-order valence-electron chi connectivity index (χ0n) is 21.9. The number of allylic oxidation sites excluding steroid dienone is 1. The van der Waals surface area contributed by atoms with Crippen LogP contribution in [-0.2, 0) is 9.59 Å². The molecule has 6 nitrogen and oxygen atoms in total. The van der Waals surface area contributed by atoms with E-state index in [1.165, 1.54) is 6.07 Å². The van der Waals surface area contributed by atoms with Gasteiger partial charge in [0.1, 0.15) is 5.82 Å². The predicted molar refractivity (Wildman–Crippen MR) is 152 cm³/mol. The fourth-order valence-electron chi connectivity index (χ4n) is 5.74. The lowest BCUT2D eigenvalue weighted by molar-refractivity contribution is -0.119. The second-order valence-electron chi connectivity index (χ2n) is 11.0. The molecule has 0 bridgehead atoms. The van der Waals surface area contributed by atoms with E-state index in [1.54, 1.807) is 24.4 Å². The summed E-state index contributed by atoms with van der Waals surface area (Å²) in [7, 11) is 0. The van der Waals surface area contributed by atoms with E-state index in [4.69, 9.17) is 0 Å². The molecule has 1 aliphatic heterocycles. The molecular formula is C32H29FN4O2. The Hall–Kier alpha value is -4.52. The Bertz CT molecular complexity index is 1640. The smallest absolute Gasteiger partial charge is 0.243 e. The van der Waals surface area contributed by atoms with Crippen LogP contribution < -0.4 is 15.5 Å². The van der Waals surface area contributed by atoms with Crippen LogP contribution in [0.2, 0.25) is 0 Å². The molecule has 2 N–H and O–H groups in total. The van der Waals surface area contributed by atoms with Gasteiger partial charge in [0.25, 0.3) is 0 Å². The number of fused-ring (bicyclic) bond motifs is 2. The summed E-state index contributed by atoms with van der Waals surface area (Å²) in [5.74, 6) is -0.759. The van der Waals surface area contributed by atoms with Crippen molar-refractivity contribution in [3.8, 4) is 0 Å². The number of nitrogens with one attached hydrogen (secondary N) is 2. The van der Waals surface area contributed by atoms with Gasteiger partial charge in [-0.3, -0.25) is 14.6 Å². The topological polar surface area (TPSA) is 74.3 Å². The molecule has 1 amide bonds. The quantitative estimate of drug-likeness (QED) is 0.316. The van der Waals surface area contributed by atoms with Crippen LogP contribution in [0.25, 0.3) is 10.9 Å². The zero-order valence-corrected chi connectivity index (χ0v) is 21.9. The number of carbonyl (C=O) groups is 2. The van der Waals surface area contributed by atoms with Crippen molar-refractivity contribution in [1.82, 2.24) is 4.98 Å². The lowest BCUT2D eigenvalue weighted by Crippen LogP contribution is -2.40. The van der Waals surface area contributed by atoms with E-state index >= 15 is 4.39 Å². The number of rotatable bonds is 4. The molecule has 1 atom stereocenters. The number of nitrogens with zero attached hydrogens (tertiary/aromatic N) is 2. The van der Waals surface area contributed by atoms with Crippen LogP contribution in [-0.4, -0.2) is 23.2 Å². The first kappa shape index (κ1) is 24.8. The predicted octanol–water partition coefficient (Wildman–Crippen LogP) is 6.63. The monoisotopic (exact) mass is 520 g/mol. The lowest BCUT2D eigenvalue weighted by atomic mass is 9.73. The number of pyridine rings is 1. The molecule has 0 saturated heterocycles. The van der Waals surface area contributed by atoms with Crippen LogP contribution in [0.4, 0.5) is 21.5 Å². The van der Waals surface area contributed by atoms with E-state index in [9.17, 15) is 9.59 Å². The summed E-state index contributed by atoms with van der Waals surface area (Å²) < 4.78 is 15.4. The fourth-order valence-corrected chi connectivity index (χ4v) is 5.74. The number of aromatic nitrogens is 1. The molecule has 0 fully saturated rings. The number of Topliss-reactive ketones (excluding diaryl/α,β-unsaturated/α-hetero) is 1. The first-order valence-corrected chi connectivity index (χ1v) is 13.1. The number of carbonyl (C=O) groups excluding carboxylic acids is 2. The Morgan fingerprint density at radius 1 is 1.05 bits per heavy atom. The normalized spacial score (nSPS) is 18.2. The van der Waals surface area contributed by atoms with Crippen molar-refractivity contribution in [2.45, 2.75) is 32.7 Å². The van der Waals surface area contributed by atoms with E-state index in [1.807, 2.05) is 59.5 Å². The largest absolute Gasteiger partial charge is 0.357 e. The van der Waals surface area contributed by atoms with Gasteiger partial charge in [-0.1, -0.05) is 62.4 Å². The summed E-state index contributed by atoms with van der Waals surface area (Å²) in [5.41, 5.74) is 4.30. The van der Waals surface area contributed by atoms with E-state index in [-0.39, 0.29) is 23.7 Å². The summed E-state index contributed by atoms with van der Waals surface area (Å²) in [6.45, 7) is 4.03. The average molecular weight is 521 g/mol. The minimum absolute atomic E-state index is 0.0426. The van der Waals surface area contributed by atoms with Gasteiger partial charge in [0.05, 0.1) is 41.4 Å². The van der Waals surface area contributed by atoms with E-state index in [0.717, 1.165) is 28.0 Å². The molecule has 0 spiro atoms. The molecule has 0 radical (unpaired) electrons. The van der Waals surface area contributed by atoms with Crippen LogP contribution in [0.1, 0.15) is 38.3 Å². The molecule has 1 aliphatic carbocycles. The standard InChI is InChI=1S/C32H29FN4O2/c1-32(2)16-26-30(28(38)17-32)31(22-10-4-5-11-23(22)33)37(27-14-8-7-13-25(27)36-26)19-29(39)35-21-15-20-9-3-6-12-24(20)34-18-21/h3-15,18,31,36H,16-17,19H2,1-2H3,(H,35,39). The summed E-state index contributed by atoms with van der Waals surface area (Å²) in [5, 5.41) is 7.36. The fraction of sp³-hybridized carbons (Fsp3) is 0.219. The Labute approximate surface area is 226 Å². The summed E-state index contributed by atoms with van der Waals surface area (Å²) >= 11 is 0. The highest BCUT2D eigenvalue weighted by Gasteiger charge is 2.42. The van der Waals surface area contributed by atoms with Gasteiger partial charge in [-0.2, -0.15) is 0 Å². The van der Waals surface area contributed by atoms with Gasteiger partial charge in [0, 0.05) is 28.6 Å². The number of hydrogen-bond donors (Lipinski definition) is 2. The number of para-hydroxylation sites is 3. The molecule has 3 aromatic carbocycles. The first-order chi connectivity index (χ1) is 18.8. The molecule has 1 aromatic heterocycles. The van der Waals surface area contributed by atoms with Gasteiger partial charge in [-0.05, 0) is 42.2 Å². The van der Waals surface area contributed by atoms with Gasteiger partial charge in [-0.15, -0.1) is 0 Å². The third-order valence-corrected chi connectivity index (χ3v) is 7.39. The highest BCUT2D eigenvalue weighted by atomic mass is 19.1. The van der Waals surface area contributed by atoms with Crippen molar-refractivity contribution in [3.05, 3.63) is 108 Å². The van der Waals surface area contributed by atoms with Gasteiger partial charge in [-0.25, -0.2) is 4.39 Å². The Morgan fingerprint density at radius 3 is 2.64 bits per heavy atom. The Kier molecular flexibility index (Phi) is 6.14. The molecule has 1 unspecified atom stereocenters. The number of halogens is 1. The molecule has 4 aromatic rings. The molecule has 0 saturated carbocycles. The van der Waals surface area contributed by atoms with Gasteiger partial charge in [0.2, 0.25) is 5.91 Å². The molecule has 196 valence electrons. The van der Waals surface area contributed by atoms with Crippen molar-refractivity contribution in [2.75, 3.05) is 22.1 Å². The van der Waals surface area contributed by atoms with Crippen molar-refractivity contribution in [1.29, 1.82) is 0 Å². The van der Waals surface area contributed by atoms with Crippen molar-refractivity contribution < 1.29 is 14.0 Å². The van der Waals surface area contributed by atoms with E-state index < -0.39 is 11.9 Å². The summed E-state index contributed by atoms with van der Waals surface area (Å²) in [4.78, 5) is 33.6. The molecule has 2 heterocycles. The second-order valence-corrected chi connectivity index (χ2v) is 11.0. The summed E-state index contributed by atoms with van der Waals surface area (Å²) in [6, 6.07) is 22.9. The maximum Gasteiger partial charge on any atom is 0.243 e. The number of amides is 1. The van der Waals surface area contributed by atoms with Gasteiger partial charge < -0.3 is 15.5 Å². The van der Waals surface area contributed by atoms with Crippen LogP contribution in [0.3, 0.4) is 0 Å². The molecule has 7 heteroatoms. The van der Waals surface area contributed by atoms with Crippen LogP contribution in [0.15, 0.2) is 96.3 Å². The van der Waals surface area contributed by atoms with Crippen LogP contribution in [0.5, 0.6) is 0 Å². The third kappa shape index (κ3) is 4.76. The SMILES string of the molecule is CC1(C)CC(=O)C2=C(C1)Nc1ccccc1N(CC(=O)Nc1cnc3ccccc3c1)C2c1ccccc1F. The zero-order chi connectivity index (χ0) is 27.1. The third-order valence-electron chi connectivity index (χ3n) is 7.39. The maximum absolute atomic E-state index is 15.4. The lowest BCUT2D eigenvalue weighted by Gasteiger charge is -2.38. The van der Waals surface area contributed by atoms with Gasteiger partial charge >= 0.3 is 0 Å². The molecule has 39 heavy (non-hydrogen) atoms. The Morgan fingerprint density at radius 2 is 1.79 bits per heavy atom. The highest BCUT2D eigenvalue weighted by molar-refractivity contribution is 6.03. The molecule has 2 aliphatic rings. The minimum atomic E-state index is -0.776. The van der Waals surface area contributed by atoms with Crippen LogP contribution >= 0.6 is 0 Å². The number of hydrogen-bond acceptors (Lipinski definition) is 5. The molecule has 6 rings (SSSR count). The highest BCUT2D eigenvalue weighted by Crippen LogP contribution is 2.48. The van der Waals surface area contributed by atoms with E-state index in [0.29, 0.717) is 29.7 Å². The maximum atomic E-state index is 15.4. The average Bonchev–Trinajstić information content (AvgIpc) is 3.02. The number of anilines is 3. The number of ketones is 1. The minimum Gasteiger partial charge on any atom is -0.357 e. The van der Waals surface area contributed by atoms with Crippen LogP contribution in [0, 0.1) is 11.2 Å². The van der Waals surface area contributed by atoms with Crippen molar-refractivity contribution in [2.24, 2.45) is 5.41 Å². The summed E-state index contributed by atoms with van der Waals surface area (Å²) in [6.07, 6.45) is 2.60.